The maximum atomic E-state index is 13.6. The van der Waals surface area contributed by atoms with E-state index in [4.69, 9.17) is 9.15 Å². The number of fused-ring (bicyclic) bond motifs is 2. The molecule has 1 heterocycles. The summed E-state index contributed by atoms with van der Waals surface area (Å²) in [6.07, 6.45) is 2.56. The summed E-state index contributed by atoms with van der Waals surface area (Å²) in [6, 6.07) is 11.6. The molecule has 0 radical (unpaired) electrons. The monoisotopic (exact) mass is 310 g/mol. The van der Waals surface area contributed by atoms with Gasteiger partial charge in [-0.1, -0.05) is 18.2 Å². The molecule has 2 aromatic carbocycles. The van der Waals surface area contributed by atoms with Crippen molar-refractivity contribution in [2.24, 2.45) is 0 Å². The zero-order valence-corrected chi connectivity index (χ0v) is 12.5. The lowest BCUT2D eigenvalue weighted by Crippen LogP contribution is -2.08. The van der Waals surface area contributed by atoms with Crippen LogP contribution in [0.2, 0.25) is 0 Å². The predicted molar refractivity (Wildman–Crippen MR) is 85.2 cm³/mol. The van der Waals surface area contributed by atoms with Crippen molar-refractivity contribution in [3.63, 3.8) is 0 Å². The third kappa shape index (κ3) is 2.50. The van der Waals surface area contributed by atoms with Crippen LogP contribution in [0.5, 0.6) is 5.75 Å². The van der Waals surface area contributed by atoms with Gasteiger partial charge >= 0.3 is 0 Å². The van der Waals surface area contributed by atoms with E-state index in [2.05, 4.69) is 0 Å². The average Bonchev–Trinajstić information content (AvgIpc) is 3.03. The molecule has 0 aliphatic heterocycles. The summed E-state index contributed by atoms with van der Waals surface area (Å²) < 4.78 is 25.1. The van der Waals surface area contributed by atoms with Crippen LogP contribution in [-0.2, 0) is 19.4 Å². The Hall–Kier alpha value is -2.62. The Labute approximate surface area is 132 Å². The van der Waals surface area contributed by atoms with Crippen LogP contribution in [-0.4, -0.2) is 0 Å². The van der Waals surface area contributed by atoms with Gasteiger partial charge in [0.15, 0.2) is 5.43 Å². The maximum absolute atomic E-state index is 13.6. The highest BCUT2D eigenvalue weighted by molar-refractivity contribution is 5.79. The van der Waals surface area contributed by atoms with Crippen LogP contribution >= 0.6 is 0 Å². The first kappa shape index (κ1) is 14.0. The summed E-state index contributed by atoms with van der Waals surface area (Å²) in [6.45, 7) is 0.119. The number of benzene rings is 2. The van der Waals surface area contributed by atoms with Crippen LogP contribution in [0, 0.1) is 5.82 Å². The maximum Gasteiger partial charge on any atom is 0.196 e. The highest BCUT2D eigenvalue weighted by atomic mass is 19.1. The van der Waals surface area contributed by atoms with Gasteiger partial charge in [0, 0.05) is 17.5 Å². The fraction of sp³-hybridized carbons (Fsp3) is 0.211. The number of halogens is 1. The molecule has 4 heteroatoms. The second kappa shape index (κ2) is 5.54. The molecule has 1 aliphatic rings. The van der Waals surface area contributed by atoms with E-state index < -0.39 is 0 Å². The Morgan fingerprint density at radius 2 is 2.00 bits per heavy atom. The second-order valence-electron chi connectivity index (χ2n) is 5.72. The van der Waals surface area contributed by atoms with E-state index in [1.807, 2.05) is 0 Å². The van der Waals surface area contributed by atoms with E-state index >= 15 is 0 Å². The Morgan fingerprint density at radius 3 is 2.87 bits per heavy atom. The molecule has 0 unspecified atom stereocenters. The van der Waals surface area contributed by atoms with Gasteiger partial charge in [-0.25, -0.2) is 4.39 Å². The zero-order valence-electron chi connectivity index (χ0n) is 12.5. The van der Waals surface area contributed by atoms with Crippen LogP contribution in [0.25, 0.3) is 11.0 Å². The number of aryl methyl sites for hydroxylation is 1. The Balaban J connectivity index is 1.67. The molecule has 0 spiro atoms. The Morgan fingerprint density at radius 1 is 1.13 bits per heavy atom. The summed E-state index contributed by atoms with van der Waals surface area (Å²) in [4.78, 5) is 12.5. The normalized spacial score (nSPS) is 13.3. The lowest BCUT2D eigenvalue weighted by molar-refractivity contribution is 0.300. The van der Waals surface area contributed by atoms with Crippen molar-refractivity contribution >= 4 is 11.0 Å². The minimum absolute atomic E-state index is 0.0232. The Kier molecular flexibility index (Phi) is 3.37. The van der Waals surface area contributed by atoms with Crippen LogP contribution in [0.15, 0.2) is 51.7 Å². The van der Waals surface area contributed by atoms with Crippen molar-refractivity contribution in [1.82, 2.24) is 0 Å². The van der Waals surface area contributed by atoms with Gasteiger partial charge in [0.1, 0.15) is 29.5 Å². The molecule has 3 aromatic rings. The first-order chi connectivity index (χ1) is 11.2. The molecule has 0 bridgehead atoms. The third-order valence-electron chi connectivity index (χ3n) is 4.22. The van der Waals surface area contributed by atoms with E-state index in [-0.39, 0.29) is 17.9 Å². The molecular weight excluding hydrogens is 295 g/mol. The van der Waals surface area contributed by atoms with E-state index in [1.165, 1.54) is 6.07 Å². The molecule has 1 aromatic heterocycles. The van der Waals surface area contributed by atoms with Gasteiger partial charge in [-0.15, -0.1) is 0 Å². The number of hydrogen-bond acceptors (Lipinski definition) is 3. The molecular formula is C19H15FO3. The number of ether oxygens (including phenoxy) is 1. The minimum atomic E-state index is -0.300. The highest BCUT2D eigenvalue weighted by Crippen LogP contribution is 2.26. The van der Waals surface area contributed by atoms with E-state index in [0.717, 1.165) is 30.6 Å². The van der Waals surface area contributed by atoms with Crippen molar-refractivity contribution in [3.05, 3.63) is 75.4 Å². The predicted octanol–water partition coefficient (Wildman–Crippen LogP) is 4.00. The smallest absolute Gasteiger partial charge is 0.196 e. The van der Waals surface area contributed by atoms with Gasteiger partial charge in [0.2, 0.25) is 0 Å². The molecule has 4 rings (SSSR count). The fourth-order valence-electron chi connectivity index (χ4n) is 3.01. The van der Waals surface area contributed by atoms with Gasteiger partial charge in [-0.05, 0) is 37.1 Å². The lowest BCUT2D eigenvalue weighted by Gasteiger charge is -2.08. The standard InChI is InChI=1S/C19H15FO3/c20-16-6-2-1-4-12(16)11-22-13-8-9-18-15(10-13)19(21)14-5-3-7-17(14)23-18/h1-2,4,6,8-10H,3,5,7,11H2. The largest absolute Gasteiger partial charge is 0.489 e. The average molecular weight is 310 g/mol. The minimum Gasteiger partial charge on any atom is -0.489 e. The number of rotatable bonds is 3. The molecule has 0 atom stereocenters. The molecule has 23 heavy (non-hydrogen) atoms. The van der Waals surface area contributed by atoms with Crippen LogP contribution < -0.4 is 10.2 Å². The summed E-state index contributed by atoms with van der Waals surface area (Å²) in [7, 11) is 0. The summed E-state index contributed by atoms with van der Waals surface area (Å²) in [5.74, 6) is 1.04. The molecule has 0 N–H and O–H groups in total. The van der Waals surface area contributed by atoms with Gasteiger partial charge < -0.3 is 9.15 Å². The van der Waals surface area contributed by atoms with Gasteiger partial charge in [-0.2, -0.15) is 0 Å². The highest BCUT2D eigenvalue weighted by Gasteiger charge is 2.19. The van der Waals surface area contributed by atoms with Crippen molar-refractivity contribution in [2.75, 3.05) is 0 Å². The van der Waals surface area contributed by atoms with Crippen LogP contribution in [0.1, 0.15) is 23.3 Å². The molecule has 116 valence electrons. The summed E-state index contributed by atoms with van der Waals surface area (Å²) in [5, 5.41) is 0.525. The second-order valence-corrected chi connectivity index (χ2v) is 5.72. The molecule has 0 amide bonds. The molecule has 3 nitrogen and oxygen atoms in total. The zero-order chi connectivity index (χ0) is 15.8. The van der Waals surface area contributed by atoms with E-state index in [1.54, 1.807) is 36.4 Å². The van der Waals surface area contributed by atoms with Crippen molar-refractivity contribution in [3.8, 4) is 5.75 Å². The molecule has 0 fully saturated rings. The molecule has 0 saturated carbocycles. The Bertz CT molecular complexity index is 943. The third-order valence-corrected chi connectivity index (χ3v) is 4.22. The first-order valence-electron chi connectivity index (χ1n) is 7.67. The molecule has 0 saturated heterocycles. The van der Waals surface area contributed by atoms with Gasteiger partial charge in [0.25, 0.3) is 0 Å². The van der Waals surface area contributed by atoms with E-state index in [0.29, 0.717) is 22.3 Å². The fourth-order valence-corrected chi connectivity index (χ4v) is 3.01. The lowest BCUT2D eigenvalue weighted by atomic mass is 10.1. The van der Waals surface area contributed by atoms with Crippen molar-refractivity contribution in [1.29, 1.82) is 0 Å². The van der Waals surface area contributed by atoms with Crippen molar-refractivity contribution in [2.45, 2.75) is 25.9 Å². The van der Waals surface area contributed by atoms with E-state index in [9.17, 15) is 9.18 Å². The summed E-state index contributed by atoms with van der Waals surface area (Å²) >= 11 is 0. The van der Waals surface area contributed by atoms with Crippen LogP contribution in [0.4, 0.5) is 4.39 Å². The summed E-state index contributed by atoms with van der Waals surface area (Å²) in [5.41, 5.74) is 1.86. The van der Waals surface area contributed by atoms with Crippen LogP contribution in [0.3, 0.4) is 0 Å². The van der Waals surface area contributed by atoms with Crippen molar-refractivity contribution < 1.29 is 13.5 Å². The first-order valence-corrected chi connectivity index (χ1v) is 7.67. The molecule has 1 aliphatic carbocycles. The quantitative estimate of drug-likeness (QED) is 0.734. The number of hydrogen-bond donors (Lipinski definition) is 0. The SMILES string of the molecule is O=c1c2c(oc3ccc(OCc4ccccc4F)cc13)CCC2. The van der Waals surface area contributed by atoms with Gasteiger partial charge in [-0.3, -0.25) is 4.79 Å². The van der Waals surface area contributed by atoms with Gasteiger partial charge in [0.05, 0.1) is 5.39 Å². The topological polar surface area (TPSA) is 39.4 Å².